The monoisotopic (exact) mass is 308 g/mol. The van der Waals surface area contributed by atoms with E-state index in [1.165, 1.54) is 0 Å². The first kappa shape index (κ1) is 15.0. The van der Waals surface area contributed by atoms with Gasteiger partial charge in [-0.15, -0.1) is 0 Å². The molecule has 23 heavy (non-hydrogen) atoms. The Morgan fingerprint density at radius 1 is 0.826 bits per heavy atom. The number of aliphatic carboxylic acids is 1. The lowest BCUT2D eigenvalue weighted by molar-refractivity contribution is -0.134. The quantitative estimate of drug-likeness (QED) is 0.689. The zero-order chi connectivity index (χ0) is 16.2. The minimum atomic E-state index is -1.03. The number of hydrogen-bond acceptors (Lipinski definition) is 3. The van der Waals surface area contributed by atoms with E-state index in [0.29, 0.717) is 25.0 Å². The summed E-state index contributed by atoms with van der Waals surface area (Å²) in [7, 11) is 0. The van der Waals surface area contributed by atoms with Gasteiger partial charge in [0.15, 0.2) is 0 Å². The standard InChI is InChI=1S/C19H16O4/c20-18(21)16-7-4-8-17(16)19(22)23-15-11-9-14(10-12-15)13-5-2-1-3-6-13/h1-3,5-6,9-12H,4,7-8H2,(H,20,21). The van der Waals surface area contributed by atoms with Crippen molar-refractivity contribution in [3.8, 4) is 16.9 Å². The molecule has 2 aromatic carbocycles. The number of carboxylic acid groups (broad SMARTS) is 1. The van der Waals surface area contributed by atoms with E-state index < -0.39 is 11.9 Å². The second-order valence-corrected chi connectivity index (χ2v) is 5.40. The number of rotatable bonds is 4. The summed E-state index contributed by atoms with van der Waals surface area (Å²) in [6.45, 7) is 0. The van der Waals surface area contributed by atoms with Crippen molar-refractivity contribution < 1.29 is 19.4 Å². The van der Waals surface area contributed by atoms with Crippen LogP contribution in [0.5, 0.6) is 5.75 Å². The van der Waals surface area contributed by atoms with E-state index in [2.05, 4.69) is 0 Å². The molecule has 3 rings (SSSR count). The summed E-state index contributed by atoms with van der Waals surface area (Å²) in [5, 5.41) is 9.10. The summed E-state index contributed by atoms with van der Waals surface area (Å²) in [4.78, 5) is 23.2. The Morgan fingerprint density at radius 2 is 1.43 bits per heavy atom. The highest BCUT2D eigenvalue weighted by atomic mass is 16.5. The molecule has 1 aliphatic carbocycles. The van der Waals surface area contributed by atoms with Crippen LogP contribution in [0.2, 0.25) is 0 Å². The summed E-state index contributed by atoms with van der Waals surface area (Å²) in [6, 6.07) is 17.1. The number of carbonyl (C=O) groups is 2. The lowest BCUT2D eigenvalue weighted by Gasteiger charge is -2.07. The Morgan fingerprint density at radius 3 is 2.09 bits per heavy atom. The molecule has 0 fully saturated rings. The summed E-state index contributed by atoms with van der Waals surface area (Å²) in [6.07, 6.45) is 1.56. The van der Waals surface area contributed by atoms with Crippen LogP contribution in [-0.4, -0.2) is 17.0 Å². The molecular weight excluding hydrogens is 292 g/mol. The molecule has 0 aliphatic heterocycles. The van der Waals surface area contributed by atoms with Crippen LogP contribution < -0.4 is 4.74 Å². The van der Waals surface area contributed by atoms with Crippen LogP contribution in [-0.2, 0) is 9.59 Å². The molecule has 0 radical (unpaired) electrons. The maximum atomic E-state index is 12.1. The fourth-order valence-electron chi connectivity index (χ4n) is 2.72. The summed E-state index contributed by atoms with van der Waals surface area (Å²) >= 11 is 0. The van der Waals surface area contributed by atoms with Gasteiger partial charge in [-0.3, -0.25) is 0 Å². The Kier molecular flexibility index (Phi) is 4.24. The number of benzene rings is 2. The molecule has 116 valence electrons. The molecule has 2 aromatic rings. The van der Waals surface area contributed by atoms with Crippen molar-refractivity contribution in [3.63, 3.8) is 0 Å². The first-order valence-corrected chi connectivity index (χ1v) is 7.48. The van der Waals surface area contributed by atoms with Crippen LogP contribution in [0.15, 0.2) is 65.7 Å². The summed E-state index contributed by atoms with van der Waals surface area (Å²) in [5.41, 5.74) is 2.56. The SMILES string of the molecule is O=C(O)C1=C(C(=O)Oc2ccc(-c3ccccc3)cc2)CCC1. The van der Waals surface area contributed by atoms with Crippen LogP contribution in [0.4, 0.5) is 0 Å². The number of carboxylic acids is 1. The van der Waals surface area contributed by atoms with Crippen LogP contribution in [0, 0.1) is 0 Å². The van der Waals surface area contributed by atoms with Crippen LogP contribution in [0.1, 0.15) is 19.3 Å². The van der Waals surface area contributed by atoms with Gasteiger partial charge in [0.1, 0.15) is 5.75 Å². The lowest BCUT2D eigenvalue weighted by atomic mass is 10.1. The summed E-state index contributed by atoms with van der Waals surface area (Å²) in [5.74, 6) is -1.18. The van der Waals surface area contributed by atoms with Gasteiger partial charge in [0.25, 0.3) is 0 Å². The third-order valence-electron chi connectivity index (χ3n) is 3.89. The van der Waals surface area contributed by atoms with Gasteiger partial charge in [-0.05, 0) is 42.5 Å². The van der Waals surface area contributed by atoms with Crippen molar-refractivity contribution in [3.05, 3.63) is 65.7 Å². The highest BCUT2D eigenvalue weighted by Crippen LogP contribution is 2.28. The van der Waals surface area contributed by atoms with E-state index in [1.807, 2.05) is 42.5 Å². The lowest BCUT2D eigenvalue weighted by Crippen LogP contribution is -2.13. The molecule has 0 unspecified atom stereocenters. The molecule has 0 aromatic heterocycles. The van der Waals surface area contributed by atoms with Crippen molar-refractivity contribution in [2.75, 3.05) is 0 Å². The van der Waals surface area contributed by atoms with Crippen LogP contribution in [0.25, 0.3) is 11.1 Å². The minimum Gasteiger partial charge on any atom is -0.478 e. The van der Waals surface area contributed by atoms with Gasteiger partial charge in [-0.2, -0.15) is 0 Å². The van der Waals surface area contributed by atoms with Gasteiger partial charge in [-0.1, -0.05) is 42.5 Å². The predicted octanol–water partition coefficient (Wildman–Crippen LogP) is 3.82. The Hall–Kier alpha value is -2.88. The van der Waals surface area contributed by atoms with E-state index in [1.54, 1.807) is 12.1 Å². The largest absolute Gasteiger partial charge is 0.478 e. The second kappa shape index (κ2) is 6.48. The molecule has 1 aliphatic rings. The minimum absolute atomic E-state index is 0.177. The molecule has 0 atom stereocenters. The topological polar surface area (TPSA) is 63.6 Å². The van der Waals surface area contributed by atoms with Gasteiger partial charge >= 0.3 is 11.9 Å². The highest BCUT2D eigenvalue weighted by Gasteiger charge is 2.26. The van der Waals surface area contributed by atoms with Gasteiger partial charge in [-0.25, -0.2) is 9.59 Å². The molecule has 1 N–H and O–H groups in total. The van der Waals surface area contributed by atoms with E-state index in [4.69, 9.17) is 9.84 Å². The van der Waals surface area contributed by atoms with E-state index >= 15 is 0 Å². The molecule has 4 nitrogen and oxygen atoms in total. The van der Waals surface area contributed by atoms with Crippen molar-refractivity contribution in [1.82, 2.24) is 0 Å². The third-order valence-corrected chi connectivity index (χ3v) is 3.89. The molecule has 0 bridgehead atoms. The normalized spacial score (nSPS) is 13.9. The molecular formula is C19H16O4. The average Bonchev–Trinajstić information content (AvgIpc) is 3.06. The number of carbonyl (C=O) groups excluding carboxylic acids is 1. The molecule has 0 amide bonds. The molecule has 0 heterocycles. The fourth-order valence-corrected chi connectivity index (χ4v) is 2.72. The molecule has 0 saturated heterocycles. The van der Waals surface area contributed by atoms with E-state index in [-0.39, 0.29) is 11.1 Å². The third kappa shape index (κ3) is 3.31. The first-order chi connectivity index (χ1) is 11.1. The van der Waals surface area contributed by atoms with E-state index in [9.17, 15) is 9.59 Å². The maximum absolute atomic E-state index is 12.1. The van der Waals surface area contributed by atoms with Gasteiger partial charge in [0, 0.05) is 11.1 Å². The predicted molar refractivity (Wildman–Crippen MR) is 86.0 cm³/mol. The fraction of sp³-hybridized carbons (Fsp3) is 0.158. The van der Waals surface area contributed by atoms with Crippen LogP contribution >= 0.6 is 0 Å². The van der Waals surface area contributed by atoms with E-state index in [0.717, 1.165) is 11.1 Å². The van der Waals surface area contributed by atoms with Gasteiger partial charge in [0.05, 0.1) is 0 Å². The zero-order valence-corrected chi connectivity index (χ0v) is 12.5. The molecule has 4 heteroatoms. The number of hydrogen-bond donors (Lipinski definition) is 1. The second-order valence-electron chi connectivity index (χ2n) is 5.40. The Bertz CT molecular complexity index is 758. The summed E-state index contributed by atoms with van der Waals surface area (Å²) < 4.78 is 5.31. The Labute approximate surface area is 134 Å². The number of ether oxygens (including phenoxy) is 1. The first-order valence-electron chi connectivity index (χ1n) is 7.48. The van der Waals surface area contributed by atoms with Gasteiger partial charge < -0.3 is 9.84 Å². The van der Waals surface area contributed by atoms with Crippen molar-refractivity contribution in [2.24, 2.45) is 0 Å². The van der Waals surface area contributed by atoms with Crippen molar-refractivity contribution in [1.29, 1.82) is 0 Å². The van der Waals surface area contributed by atoms with Crippen LogP contribution in [0.3, 0.4) is 0 Å². The highest BCUT2D eigenvalue weighted by molar-refractivity contribution is 6.01. The van der Waals surface area contributed by atoms with Crippen molar-refractivity contribution >= 4 is 11.9 Å². The number of esters is 1. The zero-order valence-electron chi connectivity index (χ0n) is 12.5. The maximum Gasteiger partial charge on any atom is 0.339 e. The Balaban J connectivity index is 1.75. The smallest absolute Gasteiger partial charge is 0.339 e. The molecule has 0 spiro atoms. The average molecular weight is 308 g/mol. The van der Waals surface area contributed by atoms with Gasteiger partial charge in [0.2, 0.25) is 0 Å². The molecule has 0 saturated carbocycles. The van der Waals surface area contributed by atoms with Crippen molar-refractivity contribution in [2.45, 2.75) is 19.3 Å².